The second kappa shape index (κ2) is 5.82. The molecule has 0 saturated carbocycles. The van der Waals surface area contributed by atoms with Crippen LogP contribution in [0.15, 0.2) is 41.5 Å². The van der Waals surface area contributed by atoms with E-state index in [1.807, 2.05) is 19.9 Å². The number of allylic oxidation sites excluding steroid dienone is 1. The predicted molar refractivity (Wildman–Crippen MR) is 81.6 cm³/mol. The van der Waals surface area contributed by atoms with E-state index < -0.39 is 10.5 Å². The van der Waals surface area contributed by atoms with E-state index in [1.165, 1.54) is 12.1 Å². The van der Waals surface area contributed by atoms with Crippen LogP contribution in [0.2, 0.25) is 0 Å². The lowest BCUT2D eigenvalue weighted by atomic mass is 9.87. The number of nitrogens with zero attached hydrogens (tertiary/aromatic N) is 2. The lowest BCUT2D eigenvalue weighted by Crippen LogP contribution is -2.47. The first-order chi connectivity index (χ1) is 10.3. The van der Waals surface area contributed by atoms with Crippen molar-refractivity contribution in [2.45, 2.75) is 25.8 Å². The van der Waals surface area contributed by atoms with E-state index in [9.17, 15) is 14.9 Å². The summed E-state index contributed by atoms with van der Waals surface area (Å²) in [5.41, 5.74) is 1.14. The Balaban J connectivity index is 2.29. The first-order valence-electron chi connectivity index (χ1n) is 6.71. The number of nitrogens with one attached hydrogen (secondary N) is 1. The molecule has 0 spiro atoms. The van der Waals surface area contributed by atoms with Crippen molar-refractivity contribution in [3.63, 3.8) is 0 Å². The van der Waals surface area contributed by atoms with Crippen molar-refractivity contribution >= 4 is 17.7 Å². The molecule has 1 aromatic carbocycles. The fourth-order valence-corrected chi connectivity index (χ4v) is 2.29. The van der Waals surface area contributed by atoms with Crippen LogP contribution < -0.4 is 5.32 Å². The zero-order chi connectivity index (χ0) is 16.3. The highest BCUT2D eigenvalue weighted by Crippen LogP contribution is 2.26. The summed E-state index contributed by atoms with van der Waals surface area (Å²) in [6.07, 6.45) is 4.01. The molecule has 1 aliphatic rings. The first-order valence-corrected chi connectivity index (χ1v) is 6.71. The molecule has 1 heterocycles. The van der Waals surface area contributed by atoms with Crippen molar-refractivity contribution in [2.75, 3.05) is 0 Å². The van der Waals surface area contributed by atoms with E-state index in [4.69, 9.17) is 5.26 Å². The quantitative estimate of drug-likeness (QED) is 0.685. The van der Waals surface area contributed by atoms with Crippen molar-refractivity contribution in [1.29, 1.82) is 5.26 Å². The maximum absolute atomic E-state index is 11.9. The molecule has 2 rings (SSSR count). The van der Waals surface area contributed by atoms with Crippen LogP contribution in [0.3, 0.4) is 0 Å². The number of non-ortho nitro benzene ring substituents is 1. The second-order valence-corrected chi connectivity index (χ2v) is 5.71. The minimum atomic E-state index is -0.461. The maximum Gasteiger partial charge on any atom is 0.269 e. The lowest BCUT2D eigenvalue weighted by molar-refractivity contribution is -0.384. The summed E-state index contributed by atoms with van der Waals surface area (Å²) in [6.45, 7) is 3.78. The van der Waals surface area contributed by atoms with Crippen LogP contribution in [-0.4, -0.2) is 16.4 Å². The molecule has 1 amide bonds. The molecule has 0 unspecified atom stereocenters. The number of benzene rings is 1. The molecule has 0 radical (unpaired) electrons. The molecule has 1 N–H and O–H groups in total. The number of nitro benzene ring substituents is 1. The minimum Gasteiger partial charge on any atom is -0.346 e. The van der Waals surface area contributed by atoms with E-state index in [0.29, 0.717) is 12.0 Å². The van der Waals surface area contributed by atoms with Crippen molar-refractivity contribution in [1.82, 2.24) is 5.32 Å². The van der Waals surface area contributed by atoms with Crippen LogP contribution in [0.1, 0.15) is 25.8 Å². The van der Waals surface area contributed by atoms with Crippen LogP contribution >= 0.6 is 0 Å². The Labute approximate surface area is 127 Å². The molecule has 1 aliphatic heterocycles. The Hall–Kier alpha value is -2.94. The number of amides is 1. The summed E-state index contributed by atoms with van der Waals surface area (Å²) in [5, 5.41) is 22.5. The SMILES string of the molecule is CC1(C)CC(/C=C/c2ccc([N+](=O)[O-])cc2)=C(C#N)C(=O)N1. The highest BCUT2D eigenvalue weighted by atomic mass is 16.6. The molecule has 6 nitrogen and oxygen atoms in total. The van der Waals surface area contributed by atoms with Gasteiger partial charge in [0.15, 0.2) is 0 Å². The summed E-state index contributed by atoms with van der Waals surface area (Å²) >= 11 is 0. The topological polar surface area (TPSA) is 96.0 Å². The average molecular weight is 297 g/mol. The molecule has 112 valence electrons. The van der Waals surface area contributed by atoms with Crippen molar-refractivity contribution < 1.29 is 9.72 Å². The van der Waals surface area contributed by atoms with Gasteiger partial charge in [-0.3, -0.25) is 14.9 Å². The molecule has 0 saturated heterocycles. The van der Waals surface area contributed by atoms with Crippen LogP contribution in [0.25, 0.3) is 6.08 Å². The van der Waals surface area contributed by atoms with Crippen LogP contribution in [0.5, 0.6) is 0 Å². The lowest BCUT2D eigenvalue weighted by Gasteiger charge is -2.31. The third kappa shape index (κ3) is 3.38. The minimum absolute atomic E-state index is 0.0206. The highest BCUT2D eigenvalue weighted by Gasteiger charge is 2.30. The molecule has 0 aliphatic carbocycles. The number of nitriles is 1. The Morgan fingerprint density at radius 3 is 2.50 bits per heavy atom. The smallest absolute Gasteiger partial charge is 0.269 e. The third-order valence-electron chi connectivity index (χ3n) is 3.33. The van der Waals surface area contributed by atoms with Crippen LogP contribution in [0, 0.1) is 21.4 Å². The van der Waals surface area contributed by atoms with Crippen LogP contribution in [0.4, 0.5) is 5.69 Å². The molecule has 0 fully saturated rings. The summed E-state index contributed by atoms with van der Waals surface area (Å²) in [5.74, 6) is -0.373. The number of nitro groups is 1. The molecule has 0 atom stereocenters. The van der Waals surface area contributed by atoms with Crippen molar-refractivity contribution in [3.05, 3.63) is 57.2 Å². The van der Waals surface area contributed by atoms with E-state index in [1.54, 1.807) is 24.3 Å². The summed E-state index contributed by atoms with van der Waals surface area (Å²) in [7, 11) is 0. The normalized spacial score (nSPS) is 17.2. The van der Waals surface area contributed by atoms with Gasteiger partial charge >= 0.3 is 0 Å². The highest BCUT2D eigenvalue weighted by molar-refractivity contribution is 6.00. The van der Waals surface area contributed by atoms with Gasteiger partial charge in [0, 0.05) is 17.7 Å². The standard InChI is InChI=1S/C16H15N3O3/c1-16(2)9-12(14(10-17)15(20)18-16)6-3-11-4-7-13(8-5-11)19(21)22/h3-8H,9H2,1-2H3,(H,18,20)/b6-3+. The number of carbonyl (C=O) groups excluding carboxylic acids is 1. The molecular formula is C16H15N3O3. The second-order valence-electron chi connectivity index (χ2n) is 5.71. The number of carbonyl (C=O) groups is 1. The zero-order valence-electron chi connectivity index (χ0n) is 12.3. The number of rotatable bonds is 3. The summed E-state index contributed by atoms with van der Waals surface area (Å²) in [6, 6.07) is 8.00. The Morgan fingerprint density at radius 2 is 1.95 bits per heavy atom. The Morgan fingerprint density at radius 1 is 1.32 bits per heavy atom. The monoisotopic (exact) mass is 297 g/mol. The summed E-state index contributed by atoms with van der Waals surface area (Å²) < 4.78 is 0. The van der Waals surface area contributed by atoms with Gasteiger partial charge in [0.05, 0.1) is 4.92 Å². The Kier molecular flexibility index (Phi) is 4.08. The summed E-state index contributed by atoms with van der Waals surface area (Å²) in [4.78, 5) is 22.0. The zero-order valence-corrected chi connectivity index (χ0v) is 12.3. The van der Waals surface area contributed by atoms with Gasteiger partial charge in [-0.15, -0.1) is 0 Å². The van der Waals surface area contributed by atoms with Gasteiger partial charge in [0.1, 0.15) is 11.6 Å². The van der Waals surface area contributed by atoms with E-state index in [2.05, 4.69) is 5.32 Å². The largest absolute Gasteiger partial charge is 0.346 e. The molecule has 6 heteroatoms. The van der Waals surface area contributed by atoms with Crippen LogP contribution in [-0.2, 0) is 4.79 Å². The maximum atomic E-state index is 11.9. The fourth-order valence-electron chi connectivity index (χ4n) is 2.29. The molecule has 1 aromatic rings. The van der Waals surface area contributed by atoms with Gasteiger partial charge in [-0.2, -0.15) is 5.26 Å². The molecule has 22 heavy (non-hydrogen) atoms. The first kappa shape index (κ1) is 15.4. The number of hydrogen-bond donors (Lipinski definition) is 1. The van der Waals surface area contributed by atoms with Gasteiger partial charge in [-0.1, -0.05) is 12.2 Å². The molecule has 0 aromatic heterocycles. The average Bonchev–Trinajstić information content (AvgIpc) is 2.44. The molecule has 0 bridgehead atoms. The Bertz CT molecular complexity index is 722. The molecular weight excluding hydrogens is 282 g/mol. The van der Waals surface area contributed by atoms with Gasteiger partial charge in [0.25, 0.3) is 11.6 Å². The van der Waals surface area contributed by atoms with Gasteiger partial charge in [-0.25, -0.2) is 0 Å². The van der Waals surface area contributed by atoms with Gasteiger partial charge in [0.2, 0.25) is 0 Å². The van der Waals surface area contributed by atoms with Crippen molar-refractivity contribution in [2.24, 2.45) is 0 Å². The van der Waals surface area contributed by atoms with E-state index >= 15 is 0 Å². The van der Waals surface area contributed by atoms with Gasteiger partial charge in [-0.05, 0) is 43.5 Å². The van der Waals surface area contributed by atoms with Gasteiger partial charge < -0.3 is 5.32 Å². The number of hydrogen-bond acceptors (Lipinski definition) is 4. The van der Waals surface area contributed by atoms with Crippen molar-refractivity contribution in [3.8, 4) is 6.07 Å². The van der Waals surface area contributed by atoms with E-state index in [0.717, 1.165) is 5.56 Å². The predicted octanol–water partition coefficient (Wildman–Crippen LogP) is 2.73. The van der Waals surface area contributed by atoms with E-state index in [-0.39, 0.29) is 17.2 Å². The fraction of sp³-hybridized carbons (Fsp3) is 0.250. The third-order valence-corrected chi connectivity index (χ3v) is 3.33.